The van der Waals surface area contributed by atoms with Crippen molar-refractivity contribution in [3.63, 3.8) is 0 Å². The lowest BCUT2D eigenvalue weighted by Gasteiger charge is -2.25. The van der Waals surface area contributed by atoms with E-state index in [1.165, 1.54) is 19.3 Å². The van der Waals surface area contributed by atoms with E-state index in [0.717, 1.165) is 33.5 Å². The summed E-state index contributed by atoms with van der Waals surface area (Å²) in [5, 5.41) is 13.2. The second-order valence-corrected chi connectivity index (χ2v) is 8.46. The van der Waals surface area contributed by atoms with Gasteiger partial charge >= 0.3 is 0 Å². The Balaban J connectivity index is 0.00000218. The molecule has 2 aliphatic rings. The van der Waals surface area contributed by atoms with E-state index >= 15 is 0 Å². The first-order chi connectivity index (χ1) is 14.0. The third kappa shape index (κ3) is 3.46. The molecule has 0 radical (unpaired) electrons. The van der Waals surface area contributed by atoms with E-state index in [-0.39, 0.29) is 25.4 Å². The molecule has 1 amide bonds. The van der Waals surface area contributed by atoms with Crippen molar-refractivity contribution in [2.45, 2.75) is 59.1 Å². The van der Waals surface area contributed by atoms with Gasteiger partial charge in [-0.25, -0.2) is 0 Å². The van der Waals surface area contributed by atoms with Crippen molar-refractivity contribution < 1.29 is 9.53 Å². The first-order valence-electron chi connectivity index (χ1n) is 10.4. The quantitative estimate of drug-likeness (QED) is 0.691. The predicted molar refractivity (Wildman–Crippen MR) is 117 cm³/mol. The first-order valence-corrected chi connectivity index (χ1v) is 10.4. The summed E-state index contributed by atoms with van der Waals surface area (Å²) in [6.45, 7) is 4.77. The second kappa shape index (κ2) is 7.78. The van der Waals surface area contributed by atoms with Crippen molar-refractivity contribution in [3.05, 3.63) is 30.2 Å². The Morgan fingerprint density at radius 1 is 1.27 bits per heavy atom. The van der Waals surface area contributed by atoms with Gasteiger partial charge in [-0.3, -0.25) is 14.2 Å². The SMILES string of the molecule is C.Cc1c2c(O[C@H](C)[C@H]3CNC(=O)C3)cc(-c3cnn(C4CCC4)c3)cc2nn1C. The lowest BCUT2D eigenvalue weighted by Crippen LogP contribution is -2.25. The molecule has 5 rings (SSSR count). The number of ether oxygens (including phenoxy) is 1. The highest BCUT2D eigenvalue weighted by Gasteiger charge is 2.29. The minimum absolute atomic E-state index is 0. The summed E-state index contributed by atoms with van der Waals surface area (Å²) in [5.41, 5.74) is 4.13. The largest absolute Gasteiger partial charge is 0.490 e. The molecule has 1 aromatic carbocycles. The third-order valence-corrected chi connectivity index (χ3v) is 6.56. The van der Waals surface area contributed by atoms with Gasteiger partial charge in [0.05, 0.1) is 23.1 Å². The minimum Gasteiger partial charge on any atom is -0.490 e. The third-order valence-electron chi connectivity index (χ3n) is 6.56. The molecule has 0 spiro atoms. The van der Waals surface area contributed by atoms with E-state index in [1.54, 1.807) is 0 Å². The summed E-state index contributed by atoms with van der Waals surface area (Å²) >= 11 is 0. The monoisotopic (exact) mass is 409 g/mol. The van der Waals surface area contributed by atoms with Crippen LogP contribution in [0, 0.1) is 12.8 Å². The maximum atomic E-state index is 11.6. The normalized spacial score (nSPS) is 20.0. The van der Waals surface area contributed by atoms with Crippen molar-refractivity contribution in [3.8, 4) is 16.9 Å². The van der Waals surface area contributed by atoms with Crippen LogP contribution in [0.3, 0.4) is 0 Å². The fourth-order valence-electron chi connectivity index (χ4n) is 4.30. The number of benzene rings is 1. The molecule has 0 bridgehead atoms. The van der Waals surface area contributed by atoms with Crippen LogP contribution >= 0.6 is 0 Å². The molecule has 1 saturated heterocycles. The first kappa shape index (κ1) is 20.4. The maximum Gasteiger partial charge on any atom is 0.220 e. The smallest absolute Gasteiger partial charge is 0.220 e. The number of carbonyl (C=O) groups is 1. The Morgan fingerprint density at radius 2 is 2.07 bits per heavy atom. The number of aromatic nitrogens is 4. The molecule has 1 aliphatic heterocycles. The molecule has 1 N–H and O–H groups in total. The van der Waals surface area contributed by atoms with Crippen molar-refractivity contribution in [1.29, 1.82) is 0 Å². The molecular weight excluding hydrogens is 378 g/mol. The van der Waals surface area contributed by atoms with E-state index in [4.69, 9.17) is 4.74 Å². The molecule has 1 aliphatic carbocycles. The Labute approximate surface area is 177 Å². The van der Waals surface area contributed by atoms with Gasteiger partial charge < -0.3 is 10.1 Å². The van der Waals surface area contributed by atoms with Gasteiger partial charge in [-0.05, 0) is 50.8 Å². The van der Waals surface area contributed by atoms with E-state index in [1.807, 2.05) is 24.9 Å². The molecule has 2 atom stereocenters. The lowest BCUT2D eigenvalue weighted by atomic mass is 9.93. The second-order valence-electron chi connectivity index (χ2n) is 8.46. The summed E-state index contributed by atoms with van der Waals surface area (Å²) in [4.78, 5) is 11.6. The molecule has 2 aromatic heterocycles. The number of fused-ring (bicyclic) bond motifs is 1. The summed E-state index contributed by atoms with van der Waals surface area (Å²) < 4.78 is 10.4. The van der Waals surface area contributed by atoms with Crippen LogP contribution in [-0.2, 0) is 11.8 Å². The molecule has 1 saturated carbocycles. The van der Waals surface area contributed by atoms with E-state index in [2.05, 4.69) is 45.4 Å². The van der Waals surface area contributed by atoms with Crippen LogP contribution in [-0.4, -0.2) is 38.1 Å². The molecular formula is C23H31N5O2. The van der Waals surface area contributed by atoms with Crippen molar-refractivity contribution in [1.82, 2.24) is 24.9 Å². The molecule has 3 heterocycles. The minimum atomic E-state index is -0.0651. The number of aryl methyl sites for hydroxylation is 2. The number of hydrogen-bond acceptors (Lipinski definition) is 4. The molecule has 0 unspecified atom stereocenters. The number of rotatable bonds is 5. The summed E-state index contributed by atoms with van der Waals surface area (Å²) in [7, 11) is 1.95. The average molecular weight is 410 g/mol. The van der Waals surface area contributed by atoms with Crippen LogP contribution < -0.4 is 10.1 Å². The molecule has 3 aromatic rings. The van der Waals surface area contributed by atoms with Gasteiger partial charge in [0.1, 0.15) is 11.9 Å². The zero-order valence-electron chi connectivity index (χ0n) is 17.2. The zero-order valence-corrected chi connectivity index (χ0v) is 17.2. The predicted octanol–water partition coefficient (Wildman–Crippen LogP) is 4.01. The van der Waals surface area contributed by atoms with Gasteiger partial charge in [0, 0.05) is 43.4 Å². The topological polar surface area (TPSA) is 74.0 Å². The van der Waals surface area contributed by atoms with Crippen LogP contribution in [0.1, 0.15) is 51.8 Å². The van der Waals surface area contributed by atoms with Crippen LogP contribution in [0.4, 0.5) is 0 Å². The van der Waals surface area contributed by atoms with Crippen molar-refractivity contribution >= 4 is 16.8 Å². The van der Waals surface area contributed by atoms with Gasteiger partial charge in [-0.15, -0.1) is 0 Å². The standard InChI is InChI=1S/C22H27N5O2.CH4/c1-13-22-19(25-26(13)3)7-15(17-11-24-27(12-17)18-5-4-6-18)8-20(22)29-14(2)16-9-21(28)23-10-16;/h7-8,11-12,14,16,18H,4-6,9-10H2,1-3H3,(H,23,28);1H4/t14-,16-;/m1./s1. The van der Waals surface area contributed by atoms with Gasteiger partial charge in [0.25, 0.3) is 0 Å². The lowest BCUT2D eigenvalue weighted by molar-refractivity contribution is -0.119. The number of hydrogen-bond donors (Lipinski definition) is 1. The van der Waals surface area contributed by atoms with Gasteiger partial charge in [0.15, 0.2) is 0 Å². The number of nitrogens with one attached hydrogen (secondary N) is 1. The molecule has 7 nitrogen and oxygen atoms in total. The average Bonchev–Trinajstić information content (AvgIpc) is 3.34. The van der Waals surface area contributed by atoms with Crippen molar-refractivity contribution in [2.75, 3.05) is 6.54 Å². The highest BCUT2D eigenvalue weighted by atomic mass is 16.5. The number of carbonyl (C=O) groups excluding carboxylic acids is 1. The molecule has 2 fully saturated rings. The number of nitrogens with zero attached hydrogens (tertiary/aromatic N) is 4. The Morgan fingerprint density at radius 3 is 2.73 bits per heavy atom. The summed E-state index contributed by atoms with van der Waals surface area (Å²) in [6, 6.07) is 4.75. The molecule has 30 heavy (non-hydrogen) atoms. The Kier molecular flexibility index (Phi) is 5.30. The highest BCUT2D eigenvalue weighted by molar-refractivity contribution is 5.92. The van der Waals surface area contributed by atoms with E-state index in [9.17, 15) is 4.79 Å². The van der Waals surface area contributed by atoms with Gasteiger partial charge in [0.2, 0.25) is 5.91 Å². The van der Waals surface area contributed by atoms with Gasteiger partial charge in [-0.1, -0.05) is 7.43 Å². The number of amides is 1. The zero-order chi connectivity index (χ0) is 20.1. The highest BCUT2D eigenvalue weighted by Crippen LogP contribution is 2.37. The summed E-state index contributed by atoms with van der Waals surface area (Å²) in [6.07, 6.45) is 8.22. The van der Waals surface area contributed by atoms with Crippen LogP contribution in [0.15, 0.2) is 24.5 Å². The van der Waals surface area contributed by atoms with Crippen LogP contribution in [0.2, 0.25) is 0 Å². The van der Waals surface area contributed by atoms with Gasteiger partial charge in [-0.2, -0.15) is 10.2 Å². The van der Waals surface area contributed by atoms with Crippen molar-refractivity contribution in [2.24, 2.45) is 13.0 Å². The summed E-state index contributed by atoms with van der Waals surface area (Å²) in [5.74, 6) is 1.11. The van der Waals surface area contributed by atoms with Crippen LogP contribution in [0.25, 0.3) is 22.0 Å². The fourth-order valence-corrected chi connectivity index (χ4v) is 4.30. The maximum absolute atomic E-state index is 11.6. The van der Waals surface area contributed by atoms with E-state index < -0.39 is 0 Å². The molecule has 7 heteroatoms. The molecule has 160 valence electrons. The van der Waals surface area contributed by atoms with E-state index in [0.29, 0.717) is 19.0 Å². The van der Waals surface area contributed by atoms with Crippen LogP contribution in [0.5, 0.6) is 5.75 Å². The fraction of sp³-hybridized carbons (Fsp3) is 0.522. The Hall–Kier alpha value is -2.83. The Bertz CT molecular complexity index is 1080.